The van der Waals surface area contributed by atoms with Crippen molar-refractivity contribution in [1.82, 2.24) is 5.73 Å². The molecule has 0 saturated carbocycles. The lowest BCUT2D eigenvalue weighted by atomic mass is 10.0. The number of ether oxygens (including phenoxy) is 1. The Hall–Kier alpha value is -2.03. The van der Waals surface area contributed by atoms with Crippen LogP contribution < -0.4 is 10.5 Å². The number of rotatable bonds is 2. The second kappa shape index (κ2) is 3.61. The van der Waals surface area contributed by atoms with Gasteiger partial charge >= 0.3 is 0 Å². The Kier molecular flexibility index (Phi) is 2.29. The molecule has 0 aliphatic rings. The number of hydrogen-bond acceptors (Lipinski definition) is 2. The highest BCUT2D eigenvalue weighted by Crippen LogP contribution is 2.27. The lowest BCUT2D eigenvalue weighted by Gasteiger charge is -2.08. The molecule has 0 aliphatic heterocycles. The van der Waals surface area contributed by atoms with E-state index in [0.717, 1.165) is 10.8 Å². The van der Waals surface area contributed by atoms with Gasteiger partial charge in [0, 0.05) is 0 Å². The summed E-state index contributed by atoms with van der Waals surface area (Å²) in [6.07, 6.45) is 0. The fraction of sp³-hybridized carbons (Fsp3) is 0.0833. The first-order valence-corrected chi connectivity index (χ1v) is 4.55. The molecule has 0 aliphatic carbocycles. The maximum Gasteiger partial charge on any atom is 0.274 e. The number of fused-ring (bicyclic) bond motifs is 1. The van der Waals surface area contributed by atoms with Crippen molar-refractivity contribution < 1.29 is 9.53 Å². The standard InChI is InChI=1S/C12H10NO2/c1-15-10-7-6-8-4-2-3-5-9(8)11(10)12(13)14/h2-7,13H,1H3. The number of hydrogen-bond donors (Lipinski definition) is 0. The molecule has 0 aromatic heterocycles. The van der Waals surface area contributed by atoms with Gasteiger partial charge in [0.15, 0.2) is 0 Å². The van der Waals surface area contributed by atoms with Gasteiger partial charge in [-0.1, -0.05) is 30.3 Å². The van der Waals surface area contributed by atoms with E-state index in [2.05, 4.69) is 0 Å². The maximum atomic E-state index is 11.2. The first-order chi connectivity index (χ1) is 7.24. The Morgan fingerprint density at radius 2 is 1.93 bits per heavy atom. The fourth-order valence-corrected chi connectivity index (χ4v) is 1.66. The van der Waals surface area contributed by atoms with Crippen molar-refractivity contribution in [2.24, 2.45) is 0 Å². The molecule has 3 heteroatoms. The van der Waals surface area contributed by atoms with E-state index in [1.54, 1.807) is 6.07 Å². The molecule has 0 atom stereocenters. The number of carbonyl (C=O) groups excluding carboxylic acids is 1. The van der Waals surface area contributed by atoms with E-state index >= 15 is 0 Å². The molecule has 1 amide bonds. The Balaban J connectivity index is 2.85. The zero-order valence-electron chi connectivity index (χ0n) is 8.28. The van der Waals surface area contributed by atoms with E-state index in [4.69, 9.17) is 10.5 Å². The van der Waals surface area contributed by atoms with Gasteiger partial charge < -0.3 is 4.74 Å². The minimum atomic E-state index is -0.719. The average molecular weight is 200 g/mol. The zero-order valence-corrected chi connectivity index (χ0v) is 8.28. The van der Waals surface area contributed by atoms with Crippen molar-refractivity contribution >= 4 is 16.7 Å². The van der Waals surface area contributed by atoms with Crippen LogP contribution in [0.4, 0.5) is 0 Å². The summed E-state index contributed by atoms with van der Waals surface area (Å²) in [5.41, 5.74) is 7.56. The highest BCUT2D eigenvalue weighted by atomic mass is 16.5. The molecule has 2 rings (SSSR count). The summed E-state index contributed by atoms with van der Waals surface area (Å²) < 4.78 is 5.07. The first-order valence-electron chi connectivity index (χ1n) is 4.55. The summed E-state index contributed by atoms with van der Waals surface area (Å²) in [7, 11) is 1.50. The Morgan fingerprint density at radius 3 is 2.60 bits per heavy atom. The first kappa shape index (κ1) is 9.52. The van der Waals surface area contributed by atoms with Crippen LogP contribution in [0.3, 0.4) is 0 Å². The molecule has 15 heavy (non-hydrogen) atoms. The molecule has 0 bridgehead atoms. The van der Waals surface area contributed by atoms with Crippen molar-refractivity contribution in [3.05, 3.63) is 42.0 Å². The van der Waals surface area contributed by atoms with Crippen LogP contribution in [-0.4, -0.2) is 13.0 Å². The second-order valence-electron chi connectivity index (χ2n) is 3.19. The molecule has 2 aromatic carbocycles. The average Bonchev–Trinajstić information content (AvgIpc) is 2.27. The van der Waals surface area contributed by atoms with Crippen LogP contribution in [0.2, 0.25) is 0 Å². The number of carbonyl (C=O) groups is 1. The van der Waals surface area contributed by atoms with Crippen molar-refractivity contribution in [1.29, 1.82) is 0 Å². The van der Waals surface area contributed by atoms with Crippen LogP contribution in [-0.2, 0) is 0 Å². The van der Waals surface area contributed by atoms with Gasteiger partial charge in [0.2, 0.25) is 0 Å². The lowest BCUT2D eigenvalue weighted by Crippen LogP contribution is -2.03. The third-order valence-corrected chi connectivity index (χ3v) is 2.34. The third kappa shape index (κ3) is 1.52. The van der Waals surface area contributed by atoms with Crippen molar-refractivity contribution in [3.8, 4) is 5.75 Å². The van der Waals surface area contributed by atoms with E-state index in [1.165, 1.54) is 7.11 Å². The summed E-state index contributed by atoms with van der Waals surface area (Å²) in [6.45, 7) is 0. The molecule has 0 saturated heterocycles. The Bertz CT molecular complexity index is 520. The number of benzene rings is 2. The van der Waals surface area contributed by atoms with Crippen LogP contribution >= 0.6 is 0 Å². The van der Waals surface area contributed by atoms with Gasteiger partial charge in [-0.2, -0.15) is 0 Å². The third-order valence-electron chi connectivity index (χ3n) is 2.34. The van der Waals surface area contributed by atoms with Crippen LogP contribution in [0.15, 0.2) is 36.4 Å². The van der Waals surface area contributed by atoms with Crippen molar-refractivity contribution in [2.45, 2.75) is 0 Å². The van der Waals surface area contributed by atoms with Gasteiger partial charge in [-0.05, 0) is 16.8 Å². The summed E-state index contributed by atoms with van der Waals surface area (Å²) in [5.74, 6) is -0.266. The second-order valence-corrected chi connectivity index (χ2v) is 3.19. The van der Waals surface area contributed by atoms with Gasteiger partial charge in [0.1, 0.15) is 5.75 Å². The highest BCUT2D eigenvalue weighted by molar-refractivity contribution is 6.08. The van der Waals surface area contributed by atoms with Gasteiger partial charge in [-0.15, -0.1) is 0 Å². The Labute approximate surface area is 87.5 Å². The molecule has 1 radical (unpaired) electrons. The SMILES string of the molecule is COc1ccc2ccccc2c1C([NH])=O. The van der Waals surface area contributed by atoms with Crippen LogP contribution in [0.25, 0.3) is 10.8 Å². The van der Waals surface area contributed by atoms with E-state index in [9.17, 15) is 4.79 Å². The summed E-state index contributed by atoms with van der Waals surface area (Å²) >= 11 is 0. The summed E-state index contributed by atoms with van der Waals surface area (Å²) in [4.78, 5) is 11.2. The van der Waals surface area contributed by atoms with Crippen LogP contribution in [0.5, 0.6) is 5.75 Å². The smallest absolute Gasteiger partial charge is 0.274 e. The monoisotopic (exact) mass is 200 g/mol. The van der Waals surface area contributed by atoms with Gasteiger partial charge in [0.25, 0.3) is 5.91 Å². The molecule has 75 valence electrons. The fourth-order valence-electron chi connectivity index (χ4n) is 1.66. The van der Waals surface area contributed by atoms with Crippen LogP contribution in [0, 0.1) is 0 Å². The Morgan fingerprint density at radius 1 is 1.20 bits per heavy atom. The number of methoxy groups -OCH3 is 1. The lowest BCUT2D eigenvalue weighted by molar-refractivity contribution is 0.0991. The predicted molar refractivity (Wildman–Crippen MR) is 57.9 cm³/mol. The van der Waals surface area contributed by atoms with Gasteiger partial charge in [0.05, 0.1) is 12.7 Å². The van der Waals surface area contributed by atoms with Crippen LogP contribution in [0.1, 0.15) is 10.4 Å². The maximum absolute atomic E-state index is 11.2. The topological polar surface area (TPSA) is 50.1 Å². The van der Waals surface area contributed by atoms with Gasteiger partial charge in [-0.3, -0.25) is 10.5 Å². The minimum absolute atomic E-state index is 0.329. The van der Waals surface area contributed by atoms with E-state index in [1.807, 2.05) is 30.3 Å². The van der Waals surface area contributed by atoms with E-state index < -0.39 is 5.91 Å². The van der Waals surface area contributed by atoms with E-state index in [-0.39, 0.29) is 0 Å². The molecule has 0 fully saturated rings. The number of nitrogens with one attached hydrogen (secondary N) is 1. The minimum Gasteiger partial charge on any atom is -0.496 e. The largest absolute Gasteiger partial charge is 0.496 e. The predicted octanol–water partition coefficient (Wildman–Crippen LogP) is 2.27. The highest BCUT2D eigenvalue weighted by Gasteiger charge is 2.13. The normalized spacial score (nSPS) is 10.2. The van der Waals surface area contributed by atoms with Gasteiger partial charge in [-0.25, -0.2) is 0 Å². The quantitative estimate of drug-likeness (QED) is 0.746. The molecule has 2 aromatic rings. The number of amides is 1. The molecular formula is C12H10NO2. The van der Waals surface area contributed by atoms with Crippen molar-refractivity contribution in [2.75, 3.05) is 7.11 Å². The molecular weight excluding hydrogens is 190 g/mol. The summed E-state index contributed by atoms with van der Waals surface area (Å²) in [5, 5.41) is 1.70. The van der Waals surface area contributed by atoms with Crippen molar-refractivity contribution in [3.63, 3.8) is 0 Å². The molecule has 0 unspecified atom stereocenters. The molecule has 1 N–H and O–H groups in total. The zero-order chi connectivity index (χ0) is 10.8. The van der Waals surface area contributed by atoms with E-state index in [0.29, 0.717) is 11.3 Å². The molecule has 3 nitrogen and oxygen atoms in total. The summed E-state index contributed by atoms with van der Waals surface area (Å²) in [6, 6.07) is 11.0. The molecule has 0 spiro atoms. The molecule has 0 heterocycles.